The topological polar surface area (TPSA) is 97.6 Å². The van der Waals surface area contributed by atoms with E-state index in [1.54, 1.807) is 24.3 Å². The Bertz CT molecular complexity index is 1010. The van der Waals surface area contributed by atoms with Crippen molar-refractivity contribution in [2.24, 2.45) is 0 Å². The van der Waals surface area contributed by atoms with Gasteiger partial charge in [-0.3, -0.25) is 4.79 Å². The minimum atomic E-state index is -0.149. The predicted octanol–water partition coefficient (Wildman–Crippen LogP) is 0.924. The Morgan fingerprint density at radius 2 is 1.81 bits per heavy atom. The first-order valence-electron chi connectivity index (χ1n) is 10.3. The summed E-state index contributed by atoms with van der Waals surface area (Å²) in [5.74, 6) is 1.61. The quantitative estimate of drug-likeness (QED) is 0.569. The Morgan fingerprint density at radius 3 is 2.52 bits per heavy atom. The highest BCUT2D eigenvalue weighted by atomic mass is 16.5. The molecule has 4 rings (SSSR count). The molecule has 31 heavy (non-hydrogen) atoms. The Morgan fingerprint density at radius 1 is 1.06 bits per heavy atom. The van der Waals surface area contributed by atoms with Crippen molar-refractivity contribution in [2.45, 2.75) is 6.54 Å². The summed E-state index contributed by atoms with van der Waals surface area (Å²) in [7, 11) is 3.17. The van der Waals surface area contributed by atoms with Crippen LogP contribution in [0, 0.1) is 0 Å². The average molecular weight is 425 g/mol. The van der Waals surface area contributed by atoms with E-state index in [2.05, 4.69) is 42.3 Å². The number of carbonyl (C=O) groups is 1. The number of methoxy groups -OCH3 is 2. The zero-order chi connectivity index (χ0) is 21.6. The normalized spacial score (nSPS) is 14.1. The number of hydrogen-bond acceptors (Lipinski definition) is 8. The zero-order valence-electron chi connectivity index (χ0n) is 17.8. The number of ether oxygens (including phenoxy) is 2. The van der Waals surface area contributed by atoms with E-state index in [-0.39, 0.29) is 12.5 Å². The van der Waals surface area contributed by atoms with E-state index in [4.69, 9.17) is 9.47 Å². The van der Waals surface area contributed by atoms with E-state index >= 15 is 0 Å². The number of fused-ring (bicyclic) bond motifs is 1. The van der Waals surface area contributed by atoms with Crippen molar-refractivity contribution in [3.63, 3.8) is 0 Å². The summed E-state index contributed by atoms with van der Waals surface area (Å²) in [6, 6.07) is 8.16. The van der Waals surface area contributed by atoms with Crippen molar-refractivity contribution in [1.29, 1.82) is 0 Å². The lowest BCUT2D eigenvalue weighted by atomic mass is 10.2. The van der Waals surface area contributed by atoms with Gasteiger partial charge in [-0.1, -0.05) is 0 Å². The summed E-state index contributed by atoms with van der Waals surface area (Å²) in [5.41, 5.74) is 1.96. The molecule has 1 saturated heterocycles. The number of benzene rings is 1. The van der Waals surface area contributed by atoms with Gasteiger partial charge in [-0.25, -0.2) is 14.6 Å². The van der Waals surface area contributed by atoms with Crippen LogP contribution in [0.5, 0.6) is 5.75 Å². The second-order valence-corrected chi connectivity index (χ2v) is 7.26. The largest absolute Gasteiger partial charge is 0.497 e. The van der Waals surface area contributed by atoms with Gasteiger partial charge in [0.1, 0.15) is 24.5 Å². The van der Waals surface area contributed by atoms with Crippen LogP contribution in [0.2, 0.25) is 0 Å². The molecule has 3 heterocycles. The van der Waals surface area contributed by atoms with E-state index in [1.165, 1.54) is 12.8 Å². The number of piperazine rings is 1. The standard InChI is InChI=1S/C21H27N7O3/c1-30-14-19(29)22-7-8-28-21-18(13-25-28)20(23-15-24-21)27-11-9-26(10-12-27)16-3-5-17(31-2)6-4-16/h3-6,13,15H,7-12,14H2,1-2H3,(H,22,29). The number of hydrogen-bond donors (Lipinski definition) is 1. The highest BCUT2D eigenvalue weighted by Gasteiger charge is 2.21. The van der Waals surface area contributed by atoms with Crippen molar-refractivity contribution in [2.75, 3.05) is 63.4 Å². The van der Waals surface area contributed by atoms with Crippen LogP contribution in [-0.4, -0.2) is 79.2 Å². The Balaban J connectivity index is 1.40. The second kappa shape index (κ2) is 9.61. The number of aromatic nitrogens is 4. The molecule has 1 aliphatic heterocycles. The third-order valence-electron chi connectivity index (χ3n) is 5.35. The molecule has 0 bridgehead atoms. The third-order valence-corrected chi connectivity index (χ3v) is 5.35. The van der Waals surface area contributed by atoms with E-state index in [9.17, 15) is 4.79 Å². The van der Waals surface area contributed by atoms with Gasteiger partial charge in [-0.2, -0.15) is 5.10 Å². The van der Waals surface area contributed by atoms with Crippen LogP contribution in [0.3, 0.4) is 0 Å². The molecule has 3 aromatic rings. The lowest BCUT2D eigenvalue weighted by Gasteiger charge is -2.36. The number of anilines is 2. The summed E-state index contributed by atoms with van der Waals surface area (Å²) >= 11 is 0. The maximum absolute atomic E-state index is 11.5. The molecule has 0 saturated carbocycles. The van der Waals surface area contributed by atoms with Gasteiger partial charge in [0, 0.05) is 45.5 Å². The lowest BCUT2D eigenvalue weighted by molar-refractivity contribution is -0.124. The maximum Gasteiger partial charge on any atom is 0.246 e. The molecule has 1 aliphatic rings. The van der Waals surface area contributed by atoms with Gasteiger partial charge in [0.2, 0.25) is 5.91 Å². The fourth-order valence-corrected chi connectivity index (χ4v) is 3.75. The molecule has 1 amide bonds. The molecule has 2 aromatic heterocycles. The van der Waals surface area contributed by atoms with E-state index in [0.717, 1.165) is 48.8 Å². The highest BCUT2D eigenvalue weighted by molar-refractivity contribution is 5.86. The molecule has 10 nitrogen and oxygen atoms in total. The molecule has 0 atom stereocenters. The first-order chi connectivity index (χ1) is 15.2. The van der Waals surface area contributed by atoms with Crippen LogP contribution in [-0.2, 0) is 16.1 Å². The van der Waals surface area contributed by atoms with Crippen LogP contribution < -0.4 is 19.9 Å². The number of rotatable bonds is 8. The Kier molecular flexibility index (Phi) is 6.46. The SMILES string of the molecule is COCC(=O)NCCn1ncc2c(N3CCN(c4ccc(OC)cc4)CC3)ncnc21. The molecule has 0 aliphatic carbocycles. The molecule has 164 valence electrons. The van der Waals surface area contributed by atoms with Gasteiger partial charge in [0.05, 0.1) is 25.2 Å². The first-order valence-corrected chi connectivity index (χ1v) is 10.3. The average Bonchev–Trinajstić information content (AvgIpc) is 3.23. The summed E-state index contributed by atoms with van der Waals surface area (Å²) in [6.45, 7) is 4.55. The highest BCUT2D eigenvalue weighted by Crippen LogP contribution is 2.26. The molecule has 0 unspecified atom stereocenters. The van der Waals surface area contributed by atoms with E-state index in [1.807, 2.05) is 12.1 Å². The number of nitrogens with one attached hydrogen (secondary N) is 1. The minimum Gasteiger partial charge on any atom is -0.497 e. The van der Waals surface area contributed by atoms with Crippen molar-refractivity contribution in [3.05, 3.63) is 36.8 Å². The zero-order valence-corrected chi connectivity index (χ0v) is 17.8. The second-order valence-electron chi connectivity index (χ2n) is 7.26. The van der Waals surface area contributed by atoms with Crippen molar-refractivity contribution < 1.29 is 14.3 Å². The number of amides is 1. The molecule has 0 spiro atoms. The molecule has 1 aromatic carbocycles. The lowest BCUT2D eigenvalue weighted by Crippen LogP contribution is -2.46. The van der Waals surface area contributed by atoms with Gasteiger partial charge in [-0.15, -0.1) is 0 Å². The third kappa shape index (κ3) is 4.69. The summed E-state index contributed by atoms with van der Waals surface area (Å²) in [4.78, 5) is 25.1. The maximum atomic E-state index is 11.5. The molecule has 10 heteroatoms. The monoisotopic (exact) mass is 425 g/mol. The fourth-order valence-electron chi connectivity index (χ4n) is 3.75. The molecule has 1 N–H and O–H groups in total. The molecular weight excluding hydrogens is 398 g/mol. The van der Waals surface area contributed by atoms with Gasteiger partial charge in [0.15, 0.2) is 5.65 Å². The summed E-state index contributed by atoms with van der Waals surface area (Å²) in [5, 5.41) is 8.18. The first kappa shape index (κ1) is 20.9. The Labute approximate surface area is 180 Å². The predicted molar refractivity (Wildman–Crippen MR) is 118 cm³/mol. The van der Waals surface area contributed by atoms with Crippen LogP contribution >= 0.6 is 0 Å². The van der Waals surface area contributed by atoms with Crippen molar-refractivity contribution in [3.8, 4) is 5.75 Å². The molecular formula is C21H27N7O3. The van der Waals surface area contributed by atoms with Crippen LogP contribution in [0.4, 0.5) is 11.5 Å². The van der Waals surface area contributed by atoms with Crippen molar-refractivity contribution in [1.82, 2.24) is 25.1 Å². The minimum absolute atomic E-state index is 0.0503. The van der Waals surface area contributed by atoms with Crippen LogP contribution in [0.25, 0.3) is 11.0 Å². The molecule has 0 radical (unpaired) electrons. The number of carbonyl (C=O) groups excluding carboxylic acids is 1. The Hall–Kier alpha value is -3.40. The van der Waals surface area contributed by atoms with Gasteiger partial charge in [0.25, 0.3) is 0 Å². The van der Waals surface area contributed by atoms with Gasteiger partial charge >= 0.3 is 0 Å². The number of nitrogens with zero attached hydrogens (tertiary/aromatic N) is 6. The smallest absolute Gasteiger partial charge is 0.246 e. The van der Waals surface area contributed by atoms with Gasteiger partial charge < -0.3 is 24.6 Å². The van der Waals surface area contributed by atoms with Crippen LogP contribution in [0.1, 0.15) is 0 Å². The summed E-state index contributed by atoms with van der Waals surface area (Å²) in [6.07, 6.45) is 3.38. The van der Waals surface area contributed by atoms with Crippen molar-refractivity contribution >= 4 is 28.4 Å². The van der Waals surface area contributed by atoms with Crippen LogP contribution in [0.15, 0.2) is 36.8 Å². The van der Waals surface area contributed by atoms with Gasteiger partial charge in [-0.05, 0) is 24.3 Å². The van der Waals surface area contributed by atoms with E-state index < -0.39 is 0 Å². The fraction of sp³-hybridized carbons (Fsp3) is 0.429. The van der Waals surface area contributed by atoms with E-state index in [0.29, 0.717) is 13.1 Å². The summed E-state index contributed by atoms with van der Waals surface area (Å²) < 4.78 is 11.9. The molecule has 1 fully saturated rings.